The molecule has 4 aromatic carbocycles. The molecule has 4 rings (SSSR count). The molecule has 0 aliphatic carbocycles. The predicted octanol–water partition coefficient (Wildman–Crippen LogP) is 5.87. The summed E-state index contributed by atoms with van der Waals surface area (Å²) < 4.78 is 0. The number of rotatable bonds is 2. The van der Waals surface area contributed by atoms with Crippen molar-refractivity contribution in [1.29, 1.82) is 0 Å². The Kier molecular flexibility index (Phi) is 3.74. The third kappa shape index (κ3) is 2.37. The zero-order valence-corrected chi connectivity index (χ0v) is 15.0. The van der Waals surface area contributed by atoms with E-state index < -0.39 is 0 Å². The van der Waals surface area contributed by atoms with Gasteiger partial charge in [0.15, 0.2) is 0 Å². The highest BCUT2D eigenvalue weighted by Crippen LogP contribution is 2.34. The second-order valence-electron chi connectivity index (χ2n) is 6.47. The van der Waals surface area contributed by atoms with Gasteiger partial charge < -0.3 is 0 Å². The van der Waals surface area contributed by atoms with Crippen LogP contribution >= 0.6 is 0 Å². The van der Waals surface area contributed by atoms with E-state index in [1.807, 2.05) is 0 Å². The lowest BCUT2D eigenvalue weighted by Gasteiger charge is -2.19. The lowest BCUT2D eigenvalue weighted by Crippen LogP contribution is -2.03. The molecule has 0 saturated heterocycles. The average Bonchev–Trinajstić information content (AvgIpc) is 2.62. The van der Waals surface area contributed by atoms with E-state index in [2.05, 4.69) is 96.9 Å². The second kappa shape index (κ2) is 5.92. The molecule has 0 saturated carbocycles. The van der Waals surface area contributed by atoms with Gasteiger partial charge in [-0.3, -0.25) is 0 Å². The largest absolute Gasteiger partial charge is 0.0616 e. The second-order valence-corrected chi connectivity index (χ2v) is 7.04. The van der Waals surface area contributed by atoms with Gasteiger partial charge in [-0.15, -0.1) is 0 Å². The summed E-state index contributed by atoms with van der Waals surface area (Å²) in [7, 11) is 4.05. The van der Waals surface area contributed by atoms with Crippen molar-refractivity contribution in [3.8, 4) is 0 Å². The van der Waals surface area contributed by atoms with Crippen LogP contribution in [-0.2, 0) is 0 Å². The van der Waals surface area contributed by atoms with Gasteiger partial charge in [-0.2, -0.15) is 0 Å². The molecular formula is C23H19Si. The molecule has 115 valence electrons. The Morgan fingerprint density at radius 1 is 0.542 bits per heavy atom. The number of hydrogen-bond donors (Lipinski definition) is 0. The van der Waals surface area contributed by atoms with E-state index in [0.717, 1.165) is 0 Å². The third-order valence-electron chi connectivity index (χ3n) is 4.97. The van der Waals surface area contributed by atoms with Gasteiger partial charge in [0.05, 0.1) is 0 Å². The third-order valence-corrected chi connectivity index (χ3v) is 5.60. The Bertz CT molecular complexity index is 961. The van der Waals surface area contributed by atoms with Gasteiger partial charge >= 0.3 is 0 Å². The SMILES string of the molecule is Cc1ccc(C([Si])c2ccc(C)c3ccccc23)c2ccccc12. The molecule has 0 spiro atoms. The maximum absolute atomic E-state index is 4.05. The molecule has 0 unspecified atom stereocenters. The van der Waals surface area contributed by atoms with Crippen LogP contribution in [0.2, 0.25) is 0 Å². The zero-order valence-electron chi connectivity index (χ0n) is 14.0. The lowest BCUT2D eigenvalue weighted by molar-refractivity contribution is 1.17. The Morgan fingerprint density at radius 3 is 1.33 bits per heavy atom. The minimum absolute atomic E-state index is 0.168. The van der Waals surface area contributed by atoms with Gasteiger partial charge in [0, 0.05) is 10.2 Å². The first-order valence-corrected chi connectivity index (χ1v) is 8.92. The highest BCUT2D eigenvalue weighted by molar-refractivity contribution is 6.17. The van der Waals surface area contributed by atoms with Crippen LogP contribution in [0.5, 0.6) is 0 Å². The number of benzene rings is 4. The molecule has 0 fully saturated rings. The Balaban J connectivity index is 1.97. The topological polar surface area (TPSA) is 0 Å². The number of fused-ring (bicyclic) bond motifs is 2. The van der Waals surface area contributed by atoms with Gasteiger partial charge in [0.25, 0.3) is 0 Å². The molecule has 0 N–H and O–H groups in total. The Hall–Kier alpha value is -2.38. The summed E-state index contributed by atoms with van der Waals surface area (Å²) in [5, 5.41) is 5.30. The van der Waals surface area contributed by atoms with E-state index in [4.69, 9.17) is 0 Å². The van der Waals surface area contributed by atoms with Crippen molar-refractivity contribution < 1.29 is 0 Å². The molecule has 0 aliphatic heterocycles. The Morgan fingerprint density at radius 2 is 0.917 bits per heavy atom. The summed E-state index contributed by atoms with van der Waals surface area (Å²) >= 11 is 0. The minimum atomic E-state index is 0.168. The zero-order chi connectivity index (χ0) is 16.7. The molecule has 0 aromatic heterocycles. The van der Waals surface area contributed by atoms with Gasteiger partial charge in [0.2, 0.25) is 0 Å². The Labute approximate surface area is 146 Å². The van der Waals surface area contributed by atoms with Crippen LogP contribution < -0.4 is 0 Å². The molecule has 1 heteroatoms. The maximum Gasteiger partial charge on any atom is 0.0397 e. The first-order chi connectivity index (χ1) is 11.7. The highest BCUT2D eigenvalue weighted by atomic mass is 28.1. The quantitative estimate of drug-likeness (QED) is 0.405. The fraction of sp³-hybridized carbons (Fsp3) is 0.130. The normalized spacial score (nSPS) is 11.5. The van der Waals surface area contributed by atoms with Crippen molar-refractivity contribution in [2.24, 2.45) is 0 Å². The molecule has 0 atom stereocenters. The van der Waals surface area contributed by atoms with Crippen molar-refractivity contribution >= 4 is 31.8 Å². The first kappa shape index (κ1) is 15.2. The average molecular weight is 323 g/mol. The standard InChI is InChI=1S/C23H19Si/c1-15-11-13-21(19-9-5-3-7-17(15)19)23(24)22-14-12-16(2)18-8-4-6-10-20(18)22/h3-14,23H,1-2H3. The predicted molar refractivity (Wildman–Crippen MR) is 105 cm³/mol. The van der Waals surface area contributed by atoms with Gasteiger partial charge in [-0.05, 0) is 63.2 Å². The smallest absolute Gasteiger partial charge is 0.0397 e. The fourth-order valence-electron chi connectivity index (χ4n) is 3.62. The molecular weight excluding hydrogens is 304 g/mol. The summed E-state index contributed by atoms with van der Waals surface area (Å²) in [6.07, 6.45) is 0. The molecule has 0 nitrogen and oxygen atoms in total. The van der Waals surface area contributed by atoms with Crippen molar-refractivity contribution in [1.82, 2.24) is 0 Å². The lowest BCUT2D eigenvalue weighted by atomic mass is 9.92. The van der Waals surface area contributed by atoms with Crippen molar-refractivity contribution in [2.45, 2.75) is 19.4 Å². The van der Waals surface area contributed by atoms with Crippen LogP contribution in [0.25, 0.3) is 21.5 Å². The van der Waals surface area contributed by atoms with Crippen LogP contribution in [0, 0.1) is 13.8 Å². The van der Waals surface area contributed by atoms with E-state index in [0.29, 0.717) is 0 Å². The highest BCUT2D eigenvalue weighted by Gasteiger charge is 2.15. The van der Waals surface area contributed by atoms with Gasteiger partial charge in [-0.25, -0.2) is 0 Å². The summed E-state index contributed by atoms with van der Waals surface area (Å²) in [4.78, 5) is 0. The molecule has 24 heavy (non-hydrogen) atoms. The summed E-state index contributed by atoms with van der Waals surface area (Å²) in [6.45, 7) is 4.35. The first-order valence-electron chi connectivity index (χ1n) is 8.34. The molecule has 0 amide bonds. The molecule has 0 heterocycles. The maximum atomic E-state index is 4.05. The van der Waals surface area contributed by atoms with E-state index in [1.54, 1.807) is 0 Å². The van der Waals surface area contributed by atoms with E-state index >= 15 is 0 Å². The fourth-order valence-corrected chi connectivity index (χ4v) is 4.12. The van der Waals surface area contributed by atoms with Crippen LogP contribution in [0.4, 0.5) is 0 Å². The van der Waals surface area contributed by atoms with E-state index in [9.17, 15) is 0 Å². The van der Waals surface area contributed by atoms with Crippen molar-refractivity contribution in [3.05, 3.63) is 95.1 Å². The molecule has 3 radical (unpaired) electrons. The monoisotopic (exact) mass is 323 g/mol. The number of aryl methyl sites for hydroxylation is 2. The summed E-state index contributed by atoms with van der Waals surface area (Å²) in [6, 6.07) is 26.3. The molecule has 4 aromatic rings. The van der Waals surface area contributed by atoms with E-state index in [-0.39, 0.29) is 5.54 Å². The van der Waals surface area contributed by atoms with E-state index in [1.165, 1.54) is 43.8 Å². The summed E-state index contributed by atoms with van der Waals surface area (Å²) in [5.41, 5.74) is 5.45. The van der Waals surface area contributed by atoms with Crippen LogP contribution in [0.1, 0.15) is 27.8 Å². The number of hydrogen-bond acceptors (Lipinski definition) is 0. The van der Waals surface area contributed by atoms with Gasteiger partial charge in [-0.1, -0.05) is 72.8 Å². The van der Waals surface area contributed by atoms with Crippen LogP contribution in [0.15, 0.2) is 72.8 Å². The van der Waals surface area contributed by atoms with Gasteiger partial charge in [0.1, 0.15) is 0 Å². The molecule has 0 bridgehead atoms. The van der Waals surface area contributed by atoms with Crippen molar-refractivity contribution in [3.63, 3.8) is 0 Å². The van der Waals surface area contributed by atoms with Crippen molar-refractivity contribution in [2.75, 3.05) is 0 Å². The van der Waals surface area contributed by atoms with Crippen LogP contribution in [0.3, 0.4) is 0 Å². The minimum Gasteiger partial charge on any atom is -0.0616 e. The van der Waals surface area contributed by atoms with Crippen LogP contribution in [-0.4, -0.2) is 10.2 Å². The summed E-state index contributed by atoms with van der Waals surface area (Å²) in [5.74, 6) is 0. The molecule has 0 aliphatic rings.